The molecule has 0 amide bonds. The first-order chi connectivity index (χ1) is 13.4. The van der Waals surface area contributed by atoms with Crippen molar-refractivity contribution in [1.29, 1.82) is 0 Å². The number of nitrogens with one attached hydrogen (secondary N) is 1. The molecule has 0 aliphatic rings. The number of benzene rings is 3. The second kappa shape index (κ2) is 8.91. The summed E-state index contributed by atoms with van der Waals surface area (Å²) in [5, 5.41) is 13.3. The van der Waals surface area contributed by atoms with E-state index < -0.39 is 17.8 Å². The summed E-state index contributed by atoms with van der Waals surface area (Å²) in [5.74, 6) is 1.38. The van der Waals surface area contributed by atoms with E-state index >= 15 is 0 Å². The van der Waals surface area contributed by atoms with E-state index in [9.17, 15) is 18.3 Å². The zero-order chi connectivity index (χ0) is 20.0. The molecule has 0 saturated heterocycles. The van der Waals surface area contributed by atoms with Gasteiger partial charge in [-0.05, 0) is 35.9 Å². The maximum Gasteiger partial charge on any atom is 0.416 e. The van der Waals surface area contributed by atoms with Crippen LogP contribution in [-0.4, -0.2) is 11.7 Å². The van der Waals surface area contributed by atoms with Crippen LogP contribution in [0.15, 0.2) is 78.9 Å². The summed E-state index contributed by atoms with van der Waals surface area (Å²) < 4.78 is 44.3. The molecule has 1 unspecified atom stereocenters. The molecule has 0 aliphatic heterocycles. The molecule has 0 fully saturated rings. The number of hydrogen-bond donors (Lipinski definition) is 2. The maximum absolute atomic E-state index is 12.8. The molecule has 0 aliphatic carbocycles. The highest BCUT2D eigenvalue weighted by Crippen LogP contribution is 2.31. The van der Waals surface area contributed by atoms with Crippen LogP contribution in [0.3, 0.4) is 0 Å². The molecule has 1 atom stereocenters. The first-order valence-electron chi connectivity index (χ1n) is 8.80. The van der Waals surface area contributed by atoms with Crippen LogP contribution in [0.4, 0.5) is 13.2 Å². The third kappa shape index (κ3) is 5.34. The van der Waals surface area contributed by atoms with Crippen molar-refractivity contribution in [1.82, 2.24) is 5.32 Å². The van der Waals surface area contributed by atoms with E-state index in [4.69, 9.17) is 4.74 Å². The Kier molecular flexibility index (Phi) is 6.34. The Morgan fingerprint density at radius 3 is 2.36 bits per heavy atom. The fourth-order valence-electron chi connectivity index (χ4n) is 2.75. The highest BCUT2D eigenvalue weighted by molar-refractivity contribution is 5.37. The quantitative estimate of drug-likeness (QED) is 0.576. The van der Waals surface area contributed by atoms with Crippen LogP contribution in [0.1, 0.15) is 22.8 Å². The molecule has 2 N–H and O–H groups in total. The highest BCUT2D eigenvalue weighted by Gasteiger charge is 2.30. The highest BCUT2D eigenvalue weighted by atomic mass is 19.4. The van der Waals surface area contributed by atoms with Crippen molar-refractivity contribution in [2.45, 2.75) is 18.8 Å². The topological polar surface area (TPSA) is 41.5 Å². The number of aliphatic hydroxyl groups is 1. The van der Waals surface area contributed by atoms with Crippen LogP contribution >= 0.6 is 0 Å². The molecule has 0 aromatic heterocycles. The van der Waals surface area contributed by atoms with E-state index in [1.54, 1.807) is 0 Å². The van der Waals surface area contributed by atoms with Gasteiger partial charge in [0.25, 0.3) is 0 Å². The van der Waals surface area contributed by atoms with Crippen LogP contribution in [0.5, 0.6) is 11.5 Å². The Balaban J connectivity index is 1.61. The summed E-state index contributed by atoms with van der Waals surface area (Å²) in [5.41, 5.74) is 0.324. The number of hydrogen-bond acceptors (Lipinski definition) is 3. The fraction of sp³-hybridized carbons (Fsp3) is 0.182. The smallest absolute Gasteiger partial charge is 0.416 e. The summed E-state index contributed by atoms with van der Waals surface area (Å²) in [4.78, 5) is 0. The van der Waals surface area contributed by atoms with Gasteiger partial charge in [-0.3, -0.25) is 0 Å². The Hall–Kier alpha value is -2.83. The summed E-state index contributed by atoms with van der Waals surface area (Å²) >= 11 is 0. The van der Waals surface area contributed by atoms with Gasteiger partial charge >= 0.3 is 6.18 Å². The van der Waals surface area contributed by atoms with Crippen LogP contribution in [-0.2, 0) is 12.7 Å². The van der Waals surface area contributed by atoms with Gasteiger partial charge in [-0.2, -0.15) is 13.2 Å². The molecule has 0 bridgehead atoms. The van der Waals surface area contributed by atoms with Crippen molar-refractivity contribution < 1.29 is 23.0 Å². The van der Waals surface area contributed by atoms with Gasteiger partial charge in [0, 0.05) is 18.7 Å². The largest absolute Gasteiger partial charge is 0.457 e. The van der Waals surface area contributed by atoms with Gasteiger partial charge in [0.2, 0.25) is 0 Å². The Bertz CT molecular complexity index is 898. The van der Waals surface area contributed by atoms with Crippen molar-refractivity contribution in [3.63, 3.8) is 0 Å². The Labute approximate surface area is 161 Å². The molecule has 6 heteroatoms. The number of para-hydroxylation sites is 2. The van der Waals surface area contributed by atoms with Gasteiger partial charge in [-0.1, -0.05) is 48.5 Å². The van der Waals surface area contributed by atoms with Gasteiger partial charge in [0.15, 0.2) is 0 Å². The van der Waals surface area contributed by atoms with E-state index in [1.807, 2.05) is 54.6 Å². The lowest BCUT2D eigenvalue weighted by Gasteiger charge is -2.16. The van der Waals surface area contributed by atoms with E-state index in [2.05, 4.69) is 5.32 Å². The molecule has 0 heterocycles. The van der Waals surface area contributed by atoms with Crippen molar-refractivity contribution in [3.05, 3.63) is 95.6 Å². The van der Waals surface area contributed by atoms with Crippen LogP contribution < -0.4 is 10.1 Å². The average Bonchev–Trinajstić information content (AvgIpc) is 2.69. The van der Waals surface area contributed by atoms with Crippen molar-refractivity contribution >= 4 is 0 Å². The first kappa shape index (κ1) is 19.9. The van der Waals surface area contributed by atoms with E-state index in [1.165, 1.54) is 12.1 Å². The first-order valence-corrected chi connectivity index (χ1v) is 8.80. The molecule has 3 nitrogen and oxygen atoms in total. The molecule has 0 saturated carbocycles. The summed E-state index contributed by atoms with van der Waals surface area (Å²) in [6, 6.07) is 21.5. The number of halogens is 3. The van der Waals surface area contributed by atoms with Crippen LogP contribution in [0.2, 0.25) is 0 Å². The number of ether oxygens (including phenoxy) is 1. The third-order valence-corrected chi connectivity index (χ3v) is 4.20. The Morgan fingerprint density at radius 1 is 0.893 bits per heavy atom. The van der Waals surface area contributed by atoms with Gasteiger partial charge in [0.1, 0.15) is 11.5 Å². The van der Waals surface area contributed by atoms with E-state index in [0.29, 0.717) is 18.0 Å². The summed E-state index contributed by atoms with van der Waals surface area (Å²) in [6.07, 6.45) is -5.49. The molecule has 3 aromatic rings. The minimum absolute atomic E-state index is 0.112. The molecule has 0 spiro atoms. The molecule has 28 heavy (non-hydrogen) atoms. The minimum Gasteiger partial charge on any atom is -0.457 e. The van der Waals surface area contributed by atoms with Crippen molar-refractivity contribution in [2.24, 2.45) is 0 Å². The standard InChI is InChI=1S/C22H20F3NO2/c23-22(24,25)18-9-6-8-16(13-18)20(27)15-26-14-17-7-4-5-12-21(17)28-19-10-2-1-3-11-19/h1-13,20,26-27H,14-15H2. The molecule has 3 rings (SSSR count). The second-order valence-corrected chi connectivity index (χ2v) is 6.29. The van der Waals surface area contributed by atoms with E-state index in [0.717, 1.165) is 17.7 Å². The van der Waals surface area contributed by atoms with E-state index in [-0.39, 0.29) is 12.1 Å². The van der Waals surface area contributed by atoms with Gasteiger partial charge in [0.05, 0.1) is 11.7 Å². The number of alkyl halides is 3. The third-order valence-electron chi connectivity index (χ3n) is 4.20. The Morgan fingerprint density at radius 2 is 1.61 bits per heavy atom. The van der Waals surface area contributed by atoms with Crippen molar-refractivity contribution in [3.8, 4) is 11.5 Å². The summed E-state index contributed by atoms with van der Waals surface area (Å²) in [6.45, 7) is 0.514. The zero-order valence-corrected chi connectivity index (χ0v) is 15.0. The minimum atomic E-state index is -4.43. The molecular weight excluding hydrogens is 367 g/mol. The molecule has 3 aromatic carbocycles. The van der Waals surface area contributed by atoms with Crippen molar-refractivity contribution in [2.75, 3.05) is 6.54 Å². The predicted octanol–water partition coefficient (Wildman–Crippen LogP) is 5.32. The lowest BCUT2D eigenvalue weighted by atomic mass is 10.1. The van der Waals surface area contributed by atoms with Crippen LogP contribution in [0.25, 0.3) is 0 Å². The fourth-order valence-corrected chi connectivity index (χ4v) is 2.75. The second-order valence-electron chi connectivity index (χ2n) is 6.29. The molecule has 0 radical (unpaired) electrons. The zero-order valence-electron chi connectivity index (χ0n) is 15.0. The predicted molar refractivity (Wildman–Crippen MR) is 101 cm³/mol. The normalized spacial score (nSPS) is 12.6. The maximum atomic E-state index is 12.8. The molecule has 146 valence electrons. The van der Waals surface area contributed by atoms with Crippen LogP contribution in [0, 0.1) is 0 Å². The summed E-state index contributed by atoms with van der Waals surface area (Å²) in [7, 11) is 0. The number of aliphatic hydroxyl groups excluding tert-OH is 1. The monoisotopic (exact) mass is 387 g/mol. The van der Waals surface area contributed by atoms with Gasteiger partial charge in [-0.25, -0.2) is 0 Å². The number of rotatable bonds is 7. The molecular formula is C22H20F3NO2. The average molecular weight is 387 g/mol. The lowest BCUT2D eigenvalue weighted by molar-refractivity contribution is -0.137. The van der Waals surface area contributed by atoms with Gasteiger partial charge in [-0.15, -0.1) is 0 Å². The SMILES string of the molecule is OC(CNCc1ccccc1Oc1ccccc1)c1cccc(C(F)(F)F)c1. The van der Waals surface area contributed by atoms with Gasteiger partial charge < -0.3 is 15.2 Å². The lowest BCUT2D eigenvalue weighted by Crippen LogP contribution is -2.21.